The van der Waals surface area contributed by atoms with Gasteiger partial charge < -0.3 is 11.1 Å². The molecule has 0 aromatic carbocycles. The predicted octanol–water partition coefficient (Wildman–Crippen LogP) is 2.12. The van der Waals surface area contributed by atoms with E-state index >= 15 is 0 Å². The zero-order chi connectivity index (χ0) is 15.3. The lowest BCUT2D eigenvalue weighted by molar-refractivity contribution is -0.127. The first kappa shape index (κ1) is 19.0. The maximum atomic E-state index is 12.6. The smallest absolute Gasteiger partial charge is 0.225 e. The summed E-state index contributed by atoms with van der Waals surface area (Å²) in [5.41, 5.74) is 7.04. The molecular weight excluding hydrogens is 349 g/mol. The normalized spacial score (nSPS) is 28.9. The molecule has 2 heterocycles. The molecular formula is C16H23Cl2N5O. The van der Waals surface area contributed by atoms with Crippen molar-refractivity contribution in [1.29, 1.82) is 0 Å². The maximum Gasteiger partial charge on any atom is 0.225 e. The molecule has 0 aliphatic heterocycles. The Morgan fingerprint density at radius 3 is 2.75 bits per heavy atom. The van der Waals surface area contributed by atoms with Crippen molar-refractivity contribution in [3.63, 3.8) is 0 Å². The number of hydrogen-bond acceptors (Lipinski definition) is 4. The van der Waals surface area contributed by atoms with Gasteiger partial charge in [0.1, 0.15) is 0 Å². The highest BCUT2D eigenvalue weighted by Crippen LogP contribution is 2.47. The van der Waals surface area contributed by atoms with Crippen LogP contribution in [0.2, 0.25) is 0 Å². The third kappa shape index (κ3) is 2.98. The Hall–Kier alpha value is -1.37. The van der Waals surface area contributed by atoms with Crippen LogP contribution < -0.4 is 11.1 Å². The summed E-state index contributed by atoms with van der Waals surface area (Å²) >= 11 is 0. The second-order valence-corrected chi connectivity index (χ2v) is 6.65. The van der Waals surface area contributed by atoms with E-state index in [0.717, 1.165) is 24.3 Å². The van der Waals surface area contributed by atoms with E-state index in [-0.39, 0.29) is 48.7 Å². The zero-order valence-electron chi connectivity index (χ0n) is 13.5. The summed E-state index contributed by atoms with van der Waals surface area (Å²) in [6.07, 6.45) is 5.34. The molecule has 6 nitrogen and oxygen atoms in total. The van der Waals surface area contributed by atoms with Gasteiger partial charge in [0, 0.05) is 12.2 Å². The Balaban J connectivity index is 0.00000104. The number of carbonyl (C=O) groups excluding carboxylic acids is 1. The minimum Gasteiger partial charge on any atom is -0.346 e. The Bertz CT molecular complexity index is 719. The molecule has 4 rings (SSSR count). The predicted molar refractivity (Wildman–Crippen MR) is 96.3 cm³/mol. The molecule has 2 aromatic rings. The van der Waals surface area contributed by atoms with Crippen LogP contribution >= 0.6 is 24.8 Å². The lowest BCUT2D eigenvalue weighted by Gasteiger charge is -2.28. The van der Waals surface area contributed by atoms with Crippen LogP contribution in [-0.2, 0) is 4.79 Å². The van der Waals surface area contributed by atoms with E-state index in [1.165, 1.54) is 6.42 Å². The number of nitrogens with two attached hydrogens (primary N) is 1. The number of nitrogens with zero attached hydrogens (tertiary/aromatic N) is 3. The van der Waals surface area contributed by atoms with Crippen molar-refractivity contribution in [2.24, 2.45) is 23.5 Å². The number of amides is 1. The van der Waals surface area contributed by atoms with Gasteiger partial charge in [-0.3, -0.25) is 9.20 Å². The average molecular weight is 372 g/mol. The summed E-state index contributed by atoms with van der Waals surface area (Å²) in [5, 5.41) is 11.4. The zero-order valence-corrected chi connectivity index (χ0v) is 15.1. The van der Waals surface area contributed by atoms with Crippen molar-refractivity contribution in [3.05, 3.63) is 30.2 Å². The summed E-state index contributed by atoms with van der Waals surface area (Å²) in [5.74, 6) is 1.77. The van der Waals surface area contributed by atoms with Crippen LogP contribution in [0.15, 0.2) is 24.4 Å². The summed E-state index contributed by atoms with van der Waals surface area (Å²) in [6.45, 7) is 1.94. The molecule has 0 spiro atoms. The lowest BCUT2D eigenvalue weighted by atomic mass is 9.84. The van der Waals surface area contributed by atoms with Crippen LogP contribution in [0, 0.1) is 17.8 Å². The molecule has 24 heavy (non-hydrogen) atoms. The molecule has 2 bridgehead atoms. The maximum absolute atomic E-state index is 12.6. The number of pyridine rings is 1. The largest absolute Gasteiger partial charge is 0.346 e. The van der Waals surface area contributed by atoms with Gasteiger partial charge in [-0.05, 0) is 50.2 Å². The van der Waals surface area contributed by atoms with Gasteiger partial charge in [-0.2, -0.15) is 0 Å². The molecule has 5 atom stereocenters. The van der Waals surface area contributed by atoms with Crippen molar-refractivity contribution in [1.82, 2.24) is 19.9 Å². The van der Waals surface area contributed by atoms with Crippen LogP contribution in [0.3, 0.4) is 0 Å². The van der Waals surface area contributed by atoms with Crippen LogP contribution in [0.4, 0.5) is 0 Å². The molecule has 0 radical (unpaired) electrons. The quantitative estimate of drug-likeness (QED) is 0.864. The van der Waals surface area contributed by atoms with Gasteiger partial charge in [-0.25, -0.2) is 0 Å². The van der Waals surface area contributed by atoms with E-state index in [4.69, 9.17) is 5.73 Å². The summed E-state index contributed by atoms with van der Waals surface area (Å²) in [7, 11) is 0. The Morgan fingerprint density at radius 2 is 2.04 bits per heavy atom. The van der Waals surface area contributed by atoms with Crippen LogP contribution in [0.1, 0.15) is 38.1 Å². The fourth-order valence-corrected chi connectivity index (χ4v) is 4.25. The molecule has 0 saturated heterocycles. The average Bonchev–Trinajstić information content (AvgIpc) is 3.20. The Kier molecular flexibility index (Phi) is 5.73. The molecule has 2 saturated carbocycles. The molecule has 1 amide bonds. The number of nitrogens with one attached hydrogen (secondary N) is 1. The molecule has 2 fully saturated rings. The summed E-state index contributed by atoms with van der Waals surface area (Å²) in [6, 6.07) is 5.58. The summed E-state index contributed by atoms with van der Waals surface area (Å²) in [4.78, 5) is 12.6. The van der Waals surface area contributed by atoms with Gasteiger partial charge in [0.25, 0.3) is 0 Å². The van der Waals surface area contributed by atoms with E-state index in [2.05, 4.69) is 15.5 Å². The van der Waals surface area contributed by atoms with Gasteiger partial charge in [-0.15, -0.1) is 35.0 Å². The second kappa shape index (κ2) is 7.25. The molecule has 2 aliphatic carbocycles. The second-order valence-electron chi connectivity index (χ2n) is 6.65. The number of aromatic nitrogens is 3. The molecule has 132 valence electrons. The monoisotopic (exact) mass is 371 g/mol. The van der Waals surface area contributed by atoms with Gasteiger partial charge in [0.2, 0.25) is 5.91 Å². The number of fused-ring (bicyclic) bond motifs is 3. The molecule has 3 N–H and O–H groups in total. The first-order chi connectivity index (χ1) is 10.6. The van der Waals surface area contributed by atoms with E-state index in [1.807, 2.05) is 35.7 Å². The highest BCUT2D eigenvalue weighted by molar-refractivity contribution is 5.85. The van der Waals surface area contributed by atoms with Gasteiger partial charge in [-0.1, -0.05) is 6.07 Å². The highest BCUT2D eigenvalue weighted by atomic mass is 35.5. The first-order valence-electron chi connectivity index (χ1n) is 8.01. The van der Waals surface area contributed by atoms with Crippen molar-refractivity contribution in [2.45, 2.75) is 38.3 Å². The van der Waals surface area contributed by atoms with Crippen molar-refractivity contribution in [2.75, 3.05) is 0 Å². The van der Waals surface area contributed by atoms with E-state index in [1.54, 1.807) is 0 Å². The fourth-order valence-electron chi connectivity index (χ4n) is 4.25. The number of halogens is 2. The Labute approximate surface area is 153 Å². The van der Waals surface area contributed by atoms with Crippen LogP contribution in [0.5, 0.6) is 0 Å². The van der Waals surface area contributed by atoms with Gasteiger partial charge in [0.15, 0.2) is 11.5 Å². The van der Waals surface area contributed by atoms with E-state index < -0.39 is 0 Å². The van der Waals surface area contributed by atoms with E-state index in [9.17, 15) is 4.79 Å². The molecule has 2 aromatic heterocycles. The minimum atomic E-state index is -0.184. The van der Waals surface area contributed by atoms with Crippen molar-refractivity contribution < 1.29 is 4.79 Å². The SMILES string of the molecule is CC(NC(=O)C1C2CCC(C2)C1N)c1nnc2ccccn12.Cl.Cl. The third-order valence-corrected chi connectivity index (χ3v) is 5.37. The number of hydrogen-bond donors (Lipinski definition) is 2. The summed E-state index contributed by atoms with van der Waals surface area (Å²) < 4.78 is 1.91. The molecule has 5 unspecified atom stereocenters. The topological polar surface area (TPSA) is 85.3 Å². The van der Waals surface area contributed by atoms with Gasteiger partial charge >= 0.3 is 0 Å². The molecule has 8 heteroatoms. The van der Waals surface area contributed by atoms with Gasteiger partial charge in [0.05, 0.1) is 12.0 Å². The van der Waals surface area contributed by atoms with Crippen LogP contribution in [0.25, 0.3) is 5.65 Å². The van der Waals surface area contributed by atoms with Crippen molar-refractivity contribution in [3.8, 4) is 0 Å². The highest BCUT2D eigenvalue weighted by Gasteiger charge is 2.49. The third-order valence-electron chi connectivity index (χ3n) is 5.37. The van der Waals surface area contributed by atoms with Crippen molar-refractivity contribution >= 4 is 36.4 Å². The lowest BCUT2D eigenvalue weighted by Crippen LogP contribution is -2.46. The molecule has 2 aliphatic rings. The number of rotatable bonds is 3. The van der Waals surface area contributed by atoms with E-state index in [0.29, 0.717) is 11.8 Å². The fraction of sp³-hybridized carbons (Fsp3) is 0.562. The standard InChI is InChI=1S/C16H21N5O.2ClH/c1-9(15-20-19-12-4-2-3-7-21(12)15)18-16(22)13-10-5-6-11(8-10)14(13)17;;/h2-4,7,9-11,13-14H,5-6,8,17H2,1H3,(H,18,22);2*1H. The minimum absolute atomic E-state index is 0. The Morgan fingerprint density at radius 1 is 1.29 bits per heavy atom. The van der Waals surface area contributed by atoms with Crippen LogP contribution in [-0.4, -0.2) is 26.5 Å². The first-order valence-corrected chi connectivity index (χ1v) is 8.01. The number of carbonyl (C=O) groups is 1.